The SMILES string of the molecule is O=C1CNCC2CC=CC=C2O1. The van der Waals surface area contributed by atoms with E-state index in [0.717, 1.165) is 18.7 Å². The smallest absolute Gasteiger partial charge is 0.325 e. The van der Waals surface area contributed by atoms with E-state index >= 15 is 0 Å². The second kappa shape index (κ2) is 3.11. The molecule has 1 heterocycles. The summed E-state index contributed by atoms with van der Waals surface area (Å²) >= 11 is 0. The topological polar surface area (TPSA) is 38.3 Å². The molecule has 2 rings (SSSR count). The van der Waals surface area contributed by atoms with Crippen molar-refractivity contribution in [3.63, 3.8) is 0 Å². The number of rotatable bonds is 0. The molecule has 0 radical (unpaired) electrons. The van der Waals surface area contributed by atoms with Gasteiger partial charge in [0.15, 0.2) is 0 Å². The quantitative estimate of drug-likeness (QED) is 0.534. The third-order valence-electron chi connectivity index (χ3n) is 2.11. The van der Waals surface area contributed by atoms with E-state index < -0.39 is 0 Å². The predicted octanol–water partition coefficient (Wildman–Crippen LogP) is 0.593. The Morgan fingerprint density at radius 1 is 1.58 bits per heavy atom. The van der Waals surface area contributed by atoms with Gasteiger partial charge in [0.05, 0.1) is 6.54 Å². The van der Waals surface area contributed by atoms with Gasteiger partial charge in [-0.3, -0.25) is 4.79 Å². The van der Waals surface area contributed by atoms with Gasteiger partial charge < -0.3 is 10.1 Å². The summed E-state index contributed by atoms with van der Waals surface area (Å²) in [7, 11) is 0. The maximum atomic E-state index is 11.0. The standard InChI is InChI=1S/C9H11NO2/c11-9-6-10-5-7-3-1-2-4-8(7)12-9/h1-2,4,7,10H,3,5-6H2. The zero-order valence-corrected chi connectivity index (χ0v) is 6.75. The molecule has 0 saturated carbocycles. The predicted molar refractivity (Wildman–Crippen MR) is 44.3 cm³/mol. The van der Waals surface area contributed by atoms with Gasteiger partial charge in [-0.1, -0.05) is 12.2 Å². The molecule has 1 N–H and O–H groups in total. The molecule has 1 aliphatic carbocycles. The van der Waals surface area contributed by atoms with Gasteiger partial charge in [0.1, 0.15) is 5.76 Å². The molecule has 64 valence electrons. The minimum Gasteiger partial charge on any atom is -0.430 e. The zero-order chi connectivity index (χ0) is 8.39. The number of carbonyl (C=O) groups is 1. The van der Waals surface area contributed by atoms with E-state index in [9.17, 15) is 4.79 Å². The second-order valence-corrected chi connectivity index (χ2v) is 3.03. The van der Waals surface area contributed by atoms with Crippen molar-refractivity contribution in [2.24, 2.45) is 5.92 Å². The fourth-order valence-corrected chi connectivity index (χ4v) is 1.48. The van der Waals surface area contributed by atoms with Gasteiger partial charge in [-0.15, -0.1) is 0 Å². The maximum Gasteiger partial charge on any atom is 0.325 e. The normalized spacial score (nSPS) is 28.5. The molecule has 3 nitrogen and oxygen atoms in total. The summed E-state index contributed by atoms with van der Waals surface area (Å²) < 4.78 is 5.12. The molecule has 12 heavy (non-hydrogen) atoms. The fourth-order valence-electron chi connectivity index (χ4n) is 1.48. The van der Waals surface area contributed by atoms with Gasteiger partial charge in [0.2, 0.25) is 0 Å². The van der Waals surface area contributed by atoms with Crippen molar-refractivity contribution in [2.75, 3.05) is 13.1 Å². The number of fused-ring (bicyclic) bond motifs is 1. The minimum atomic E-state index is -0.181. The van der Waals surface area contributed by atoms with E-state index in [-0.39, 0.29) is 5.97 Å². The Bertz CT molecular complexity index is 255. The summed E-state index contributed by atoms with van der Waals surface area (Å²) in [6, 6.07) is 0. The lowest BCUT2D eigenvalue weighted by Gasteiger charge is -2.16. The molecule has 3 heteroatoms. The Hall–Kier alpha value is -1.09. The lowest BCUT2D eigenvalue weighted by molar-refractivity contribution is -0.138. The van der Waals surface area contributed by atoms with Crippen LogP contribution in [0, 0.1) is 5.92 Å². The fraction of sp³-hybridized carbons (Fsp3) is 0.444. The number of carbonyl (C=O) groups excluding carboxylic acids is 1. The zero-order valence-electron chi connectivity index (χ0n) is 6.75. The first kappa shape index (κ1) is 7.55. The third kappa shape index (κ3) is 1.41. The van der Waals surface area contributed by atoms with Gasteiger partial charge in [-0.05, 0) is 12.5 Å². The molecule has 0 aromatic rings. The van der Waals surface area contributed by atoms with Crippen LogP contribution >= 0.6 is 0 Å². The molecular weight excluding hydrogens is 154 g/mol. The molecule has 1 fully saturated rings. The molecule has 0 bridgehead atoms. The monoisotopic (exact) mass is 165 g/mol. The van der Waals surface area contributed by atoms with Crippen LogP contribution < -0.4 is 5.32 Å². The lowest BCUT2D eigenvalue weighted by Crippen LogP contribution is -2.23. The Balaban J connectivity index is 2.18. The molecule has 1 atom stereocenters. The number of esters is 1. The van der Waals surface area contributed by atoms with Crippen LogP contribution in [0.15, 0.2) is 24.0 Å². The third-order valence-corrected chi connectivity index (χ3v) is 2.11. The lowest BCUT2D eigenvalue weighted by atomic mass is 9.99. The number of allylic oxidation sites excluding steroid dienone is 3. The van der Waals surface area contributed by atoms with E-state index in [1.807, 2.05) is 12.2 Å². The highest BCUT2D eigenvalue weighted by Gasteiger charge is 2.22. The second-order valence-electron chi connectivity index (χ2n) is 3.03. The number of hydrogen-bond donors (Lipinski definition) is 1. The Labute approximate surface area is 71.1 Å². The van der Waals surface area contributed by atoms with Crippen LogP contribution in [-0.4, -0.2) is 19.1 Å². The largest absolute Gasteiger partial charge is 0.430 e. The van der Waals surface area contributed by atoms with Crippen LogP contribution in [-0.2, 0) is 9.53 Å². The van der Waals surface area contributed by atoms with Crippen molar-refractivity contribution in [1.82, 2.24) is 5.32 Å². The summed E-state index contributed by atoms with van der Waals surface area (Å²) in [5, 5.41) is 3.05. The average Bonchev–Trinajstić information content (AvgIpc) is 2.25. The van der Waals surface area contributed by atoms with Gasteiger partial charge in [0.25, 0.3) is 0 Å². The maximum absolute atomic E-state index is 11.0. The highest BCUT2D eigenvalue weighted by Crippen LogP contribution is 2.22. The van der Waals surface area contributed by atoms with Gasteiger partial charge >= 0.3 is 5.97 Å². The first-order valence-corrected chi connectivity index (χ1v) is 4.14. The van der Waals surface area contributed by atoms with Crippen molar-refractivity contribution in [3.05, 3.63) is 24.0 Å². The van der Waals surface area contributed by atoms with Gasteiger partial charge in [-0.2, -0.15) is 0 Å². The number of nitrogens with one attached hydrogen (secondary N) is 1. The van der Waals surface area contributed by atoms with E-state index in [4.69, 9.17) is 4.74 Å². The van der Waals surface area contributed by atoms with Gasteiger partial charge in [-0.25, -0.2) is 0 Å². The van der Waals surface area contributed by atoms with Crippen LogP contribution in [0.3, 0.4) is 0 Å². The molecule has 0 aromatic carbocycles. The summed E-state index contributed by atoms with van der Waals surface area (Å²) in [6.07, 6.45) is 6.87. The average molecular weight is 165 g/mol. The van der Waals surface area contributed by atoms with Gasteiger partial charge in [0, 0.05) is 12.5 Å². The van der Waals surface area contributed by atoms with Crippen LogP contribution in [0.4, 0.5) is 0 Å². The van der Waals surface area contributed by atoms with E-state index in [1.54, 1.807) is 0 Å². The minimum absolute atomic E-state index is 0.181. The Morgan fingerprint density at radius 2 is 2.50 bits per heavy atom. The van der Waals surface area contributed by atoms with Crippen LogP contribution in [0.5, 0.6) is 0 Å². The molecule has 2 aliphatic rings. The van der Waals surface area contributed by atoms with Crippen molar-refractivity contribution < 1.29 is 9.53 Å². The van der Waals surface area contributed by atoms with E-state index in [2.05, 4.69) is 11.4 Å². The number of hydrogen-bond acceptors (Lipinski definition) is 3. The summed E-state index contributed by atoms with van der Waals surface area (Å²) in [5.41, 5.74) is 0. The molecule has 1 unspecified atom stereocenters. The summed E-state index contributed by atoms with van der Waals surface area (Å²) in [4.78, 5) is 11.0. The molecule has 0 amide bonds. The van der Waals surface area contributed by atoms with Crippen molar-refractivity contribution >= 4 is 5.97 Å². The molecule has 1 saturated heterocycles. The van der Waals surface area contributed by atoms with Crippen molar-refractivity contribution in [1.29, 1.82) is 0 Å². The van der Waals surface area contributed by atoms with Crippen LogP contribution in [0.1, 0.15) is 6.42 Å². The number of ether oxygens (including phenoxy) is 1. The first-order valence-electron chi connectivity index (χ1n) is 4.14. The summed E-state index contributed by atoms with van der Waals surface area (Å²) in [5.74, 6) is 0.980. The molecule has 0 aromatic heterocycles. The molecule has 0 spiro atoms. The van der Waals surface area contributed by atoms with E-state index in [1.165, 1.54) is 0 Å². The van der Waals surface area contributed by atoms with E-state index in [0.29, 0.717) is 12.5 Å². The first-order chi connectivity index (χ1) is 5.86. The Morgan fingerprint density at radius 3 is 3.42 bits per heavy atom. The van der Waals surface area contributed by atoms with Crippen molar-refractivity contribution in [2.45, 2.75) is 6.42 Å². The summed E-state index contributed by atoms with van der Waals surface area (Å²) in [6.45, 7) is 1.16. The molecular formula is C9H11NO2. The molecule has 1 aliphatic heterocycles. The van der Waals surface area contributed by atoms with Crippen LogP contribution in [0.2, 0.25) is 0 Å². The Kier molecular flexibility index (Phi) is 1.96. The highest BCUT2D eigenvalue weighted by molar-refractivity contribution is 5.73. The van der Waals surface area contributed by atoms with Crippen LogP contribution in [0.25, 0.3) is 0 Å². The van der Waals surface area contributed by atoms with Crippen molar-refractivity contribution in [3.8, 4) is 0 Å². The highest BCUT2D eigenvalue weighted by atomic mass is 16.5.